The van der Waals surface area contributed by atoms with E-state index in [1.54, 1.807) is 31.2 Å². The fourth-order valence-corrected chi connectivity index (χ4v) is 0.908. The van der Waals surface area contributed by atoms with Gasteiger partial charge in [-0.05, 0) is 30.2 Å². The number of rotatable bonds is 2. The Labute approximate surface area is 76.5 Å². The second-order valence-electron chi connectivity index (χ2n) is 2.78. The van der Waals surface area contributed by atoms with Crippen LogP contribution in [0.3, 0.4) is 0 Å². The van der Waals surface area contributed by atoms with Gasteiger partial charge in [0.05, 0.1) is 0 Å². The third kappa shape index (κ3) is 2.63. The molecule has 0 unspecified atom stereocenters. The monoisotopic (exact) mass is 177 g/mol. The molecular weight excluding hydrogens is 166 g/mol. The Hall–Kier alpha value is -1.77. The molecule has 0 aliphatic carbocycles. The molecule has 1 rings (SSSR count). The SMILES string of the molecule is Cc1ccc(C=CC(N)=O)cc1O. The van der Waals surface area contributed by atoms with Crippen LogP contribution in [0.25, 0.3) is 6.08 Å². The summed E-state index contributed by atoms with van der Waals surface area (Å²) in [6.45, 7) is 1.80. The van der Waals surface area contributed by atoms with Crippen molar-refractivity contribution < 1.29 is 9.90 Å². The first kappa shape index (κ1) is 9.32. The van der Waals surface area contributed by atoms with E-state index in [9.17, 15) is 9.90 Å². The Bertz CT molecular complexity index is 356. The summed E-state index contributed by atoms with van der Waals surface area (Å²) in [6, 6.07) is 5.15. The van der Waals surface area contributed by atoms with E-state index in [1.165, 1.54) is 6.08 Å². The topological polar surface area (TPSA) is 63.3 Å². The molecule has 0 atom stereocenters. The number of aromatic hydroxyl groups is 1. The van der Waals surface area contributed by atoms with Crippen molar-refractivity contribution in [3.05, 3.63) is 35.4 Å². The van der Waals surface area contributed by atoms with Crippen LogP contribution in [0, 0.1) is 6.92 Å². The number of hydrogen-bond acceptors (Lipinski definition) is 2. The minimum absolute atomic E-state index is 0.214. The molecule has 3 heteroatoms. The van der Waals surface area contributed by atoms with Crippen LogP contribution >= 0.6 is 0 Å². The first-order chi connectivity index (χ1) is 6.09. The number of carbonyl (C=O) groups excluding carboxylic acids is 1. The molecule has 0 heterocycles. The molecule has 1 aromatic carbocycles. The summed E-state index contributed by atoms with van der Waals surface area (Å²) in [5.74, 6) is -0.285. The number of phenolic OH excluding ortho intramolecular Hbond substituents is 1. The van der Waals surface area contributed by atoms with Crippen molar-refractivity contribution in [1.29, 1.82) is 0 Å². The van der Waals surface area contributed by atoms with E-state index in [0.29, 0.717) is 0 Å². The Morgan fingerprint density at radius 2 is 2.23 bits per heavy atom. The molecule has 0 spiro atoms. The van der Waals surface area contributed by atoms with E-state index in [0.717, 1.165) is 11.1 Å². The van der Waals surface area contributed by atoms with E-state index in [2.05, 4.69) is 0 Å². The standard InChI is InChI=1S/C10H11NO2/c1-7-2-3-8(6-9(7)12)4-5-10(11)13/h2-6,12H,1H3,(H2,11,13). The maximum atomic E-state index is 10.4. The third-order valence-corrected chi connectivity index (χ3v) is 1.67. The van der Waals surface area contributed by atoms with Crippen molar-refractivity contribution in [1.82, 2.24) is 0 Å². The number of nitrogens with two attached hydrogens (primary N) is 1. The summed E-state index contributed by atoms with van der Waals surface area (Å²) in [7, 11) is 0. The largest absolute Gasteiger partial charge is 0.508 e. The molecule has 3 N–H and O–H groups in total. The van der Waals surface area contributed by atoms with E-state index in [-0.39, 0.29) is 5.75 Å². The minimum Gasteiger partial charge on any atom is -0.508 e. The van der Waals surface area contributed by atoms with Crippen molar-refractivity contribution in [2.24, 2.45) is 5.73 Å². The molecule has 1 aromatic rings. The van der Waals surface area contributed by atoms with Crippen molar-refractivity contribution >= 4 is 12.0 Å². The first-order valence-electron chi connectivity index (χ1n) is 3.87. The number of carbonyl (C=O) groups is 1. The molecule has 3 nitrogen and oxygen atoms in total. The Morgan fingerprint density at radius 1 is 1.54 bits per heavy atom. The summed E-state index contributed by atoms with van der Waals surface area (Å²) in [5, 5.41) is 9.32. The average molecular weight is 177 g/mol. The number of phenols is 1. The second kappa shape index (κ2) is 3.76. The Balaban J connectivity index is 2.92. The maximum Gasteiger partial charge on any atom is 0.241 e. The van der Waals surface area contributed by atoms with Gasteiger partial charge in [-0.1, -0.05) is 12.1 Å². The normalized spacial score (nSPS) is 10.5. The van der Waals surface area contributed by atoms with Crippen molar-refractivity contribution in [3.63, 3.8) is 0 Å². The van der Waals surface area contributed by atoms with Gasteiger partial charge in [-0.25, -0.2) is 0 Å². The van der Waals surface area contributed by atoms with Crippen molar-refractivity contribution in [2.45, 2.75) is 6.92 Å². The van der Waals surface area contributed by atoms with Crippen molar-refractivity contribution in [2.75, 3.05) is 0 Å². The van der Waals surface area contributed by atoms with Crippen LogP contribution in [0.15, 0.2) is 24.3 Å². The minimum atomic E-state index is -0.500. The van der Waals surface area contributed by atoms with Crippen LogP contribution in [0.1, 0.15) is 11.1 Å². The number of primary amides is 1. The summed E-state index contributed by atoms with van der Waals surface area (Å²) < 4.78 is 0. The summed E-state index contributed by atoms with van der Waals surface area (Å²) >= 11 is 0. The fraction of sp³-hybridized carbons (Fsp3) is 0.100. The number of aryl methyl sites for hydroxylation is 1. The van der Waals surface area contributed by atoms with E-state index < -0.39 is 5.91 Å². The zero-order chi connectivity index (χ0) is 9.84. The van der Waals surface area contributed by atoms with Crippen LogP contribution in [0.2, 0.25) is 0 Å². The summed E-state index contributed by atoms with van der Waals surface area (Å²) in [5.41, 5.74) is 6.47. The molecule has 1 amide bonds. The van der Waals surface area contributed by atoms with Gasteiger partial charge in [-0.15, -0.1) is 0 Å². The highest BCUT2D eigenvalue weighted by Gasteiger charge is 1.95. The van der Waals surface area contributed by atoms with Crippen LogP contribution < -0.4 is 5.73 Å². The molecule has 0 aromatic heterocycles. The van der Waals surface area contributed by atoms with E-state index in [4.69, 9.17) is 5.73 Å². The highest BCUT2D eigenvalue weighted by atomic mass is 16.3. The van der Waals surface area contributed by atoms with Gasteiger partial charge in [0, 0.05) is 6.08 Å². The molecular formula is C10H11NO2. The lowest BCUT2D eigenvalue weighted by atomic mass is 10.1. The zero-order valence-electron chi connectivity index (χ0n) is 7.32. The summed E-state index contributed by atoms with van der Waals surface area (Å²) in [6.07, 6.45) is 2.81. The highest BCUT2D eigenvalue weighted by Crippen LogP contribution is 2.17. The Morgan fingerprint density at radius 3 is 2.77 bits per heavy atom. The first-order valence-corrected chi connectivity index (χ1v) is 3.87. The van der Waals surface area contributed by atoms with Gasteiger partial charge in [0.15, 0.2) is 0 Å². The van der Waals surface area contributed by atoms with E-state index in [1.807, 2.05) is 0 Å². The van der Waals surface area contributed by atoms with Gasteiger partial charge in [0.2, 0.25) is 5.91 Å². The van der Waals surface area contributed by atoms with Gasteiger partial charge >= 0.3 is 0 Å². The van der Waals surface area contributed by atoms with Crippen LogP contribution in [-0.4, -0.2) is 11.0 Å². The zero-order valence-corrected chi connectivity index (χ0v) is 7.32. The van der Waals surface area contributed by atoms with Crippen LogP contribution in [-0.2, 0) is 4.79 Å². The van der Waals surface area contributed by atoms with Gasteiger partial charge < -0.3 is 10.8 Å². The lowest BCUT2D eigenvalue weighted by Crippen LogP contribution is -2.05. The smallest absolute Gasteiger partial charge is 0.241 e. The molecule has 0 aliphatic rings. The lowest BCUT2D eigenvalue weighted by molar-refractivity contribution is -0.113. The van der Waals surface area contributed by atoms with Crippen LogP contribution in [0.5, 0.6) is 5.75 Å². The molecule has 0 aliphatic heterocycles. The predicted molar refractivity (Wildman–Crippen MR) is 51.1 cm³/mol. The Kier molecular flexibility index (Phi) is 2.69. The second-order valence-corrected chi connectivity index (χ2v) is 2.78. The van der Waals surface area contributed by atoms with Crippen molar-refractivity contribution in [3.8, 4) is 5.75 Å². The molecule has 0 fully saturated rings. The van der Waals surface area contributed by atoms with Gasteiger partial charge in [0.1, 0.15) is 5.75 Å². The average Bonchev–Trinajstić information content (AvgIpc) is 2.07. The predicted octanol–water partition coefficient (Wildman–Crippen LogP) is 1.20. The van der Waals surface area contributed by atoms with Crippen LogP contribution in [0.4, 0.5) is 0 Å². The fourth-order valence-electron chi connectivity index (χ4n) is 0.908. The molecule has 0 saturated carbocycles. The third-order valence-electron chi connectivity index (χ3n) is 1.67. The molecule has 13 heavy (non-hydrogen) atoms. The lowest BCUT2D eigenvalue weighted by Gasteiger charge is -1.98. The van der Waals surface area contributed by atoms with Gasteiger partial charge in [-0.3, -0.25) is 4.79 Å². The number of hydrogen-bond donors (Lipinski definition) is 2. The molecule has 0 bridgehead atoms. The number of amides is 1. The maximum absolute atomic E-state index is 10.4. The van der Waals surface area contributed by atoms with E-state index >= 15 is 0 Å². The molecule has 0 radical (unpaired) electrons. The number of benzene rings is 1. The summed E-state index contributed by atoms with van der Waals surface area (Å²) in [4.78, 5) is 10.4. The quantitative estimate of drug-likeness (QED) is 0.666. The van der Waals surface area contributed by atoms with Gasteiger partial charge in [-0.2, -0.15) is 0 Å². The van der Waals surface area contributed by atoms with Gasteiger partial charge in [0.25, 0.3) is 0 Å². The molecule has 0 saturated heterocycles. The highest BCUT2D eigenvalue weighted by molar-refractivity contribution is 5.90. The molecule has 68 valence electrons.